The van der Waals surface area contributed by atoms with E-state index in [9.17, 15) is 9.90 Å². The molecule has 3 rings (SSSR count). The van der Waals surface area contributed by atoms with Crippen molar-refractivity contribution in [3.05, 3.63) is 95.2 Å². The molecule has 0 aliphatic rings. The van der Waals surface area contributed by atoms with Crippen molar-refractivity contribution in [3.63, 3.8) is 0 Å². The summed E-state index contributed by atoms with van der Waals surface area (Å²) < 4.78 is 0. The van der Waals surface area contributed by atoms with Crippen molar-refractivity contribution in [2.75, 3.05) is 18.8 Å². The van der Waals surface area contributed by atoms with Crippen LogP contribution in [0.3, 0.4) is 0 Å². The fourth-order valence-corrected chi connectivity index (χ4v) is 3.75. The second-order valence-corrected chi connectivity index (χ2v) is 8.48. The number of nitrogens with one attached hydrogen (secondary N) is 2. The van der Waals surface area contributed by atoms with Crippen molar-refractivity contribution in [1.82, 2.24) is 15.6 Å². The Bertz CT molecular complexity index is 993. The quantitative estimate of drug-likeness (QED) is 0.320. The molecule has 33 heavy (non-hydrogen) atoms. The van der Waals surface area contributed by atoms with Crippen LogP contribution in [0.25, 0.3) is 0 Å². The molecule has 0 unspecified atom stereocenters. The van der Waals surface area contributed by atoms with E-state index < -0.39 is 6.10 Å². The predicted octanol–water partition coefficient (Wildman–Crippen LogP) is 3.21. The molecule has 6 heteroatoms. The van der Waals surface area contributed by atoms with Crippen LogP contribution in [0.1, 0.15) is 41.7 Å². The number of pyridine rings is 1. The number of anilines is 1. The third-order valence-electron chi connectivity index (χ3n) is 5.56. The van der Waals surface area contributed by atoms with Gasteiger partial charge in [0.1, 0.15) is 5.82 Å². The van der Waals surface area contributed by atoms with Gasteiger partial charge in [0, 0.05) is 30.9 Å². The van der Waals surface area contributed by atoms with Crippen molar-refractivity contribution in [1.29, 1.82) is 0 Å². The van der Waals surface area contributed by atoms with Crippen LogP contribution < -0.4 is 16.4 Å². The second kappa shape index (κ2) is 12.7. The van der Waals surface area contributed by atoms with Crippen molar-refractivity contribution < 1.29 is 9.90 Å². The minimum absolute atomic E-state index is 0.0478. The summed E-state index contributed by atoms with van der Waals surface area (Å²) in [6.45, 7) is 3.19. The van der Waals surface area contributed by atoms with Gasteiger partial charge in [-0.05, 0) is 48.9 Å². The topological polar surface area (TPSA) is 100 Å². The van der Waals surface area contributed by atoms with Gasteiger partial charge in [-0.3, -0.25) is 4.79 Å². The zero-order valence-corrected chi connectivity index (χ0v) is 19.2. The number of hydrogen-bond donors (Lipinski definition) is 4. The molecule has 2 aromatic carbocycles. The normalized spacial score (nSPS) is 12.8. The maximum Gasteiger partial charge on any atom is 0.224 e. The Labute approximate surface area is 196 Å². The highest BCUT2D eigenvalue weighted by Crippen LogP contribution is 2.13. The predicted molar refractivity (Wildman–Crippen MR) is 133 cm³/mol. The zero-order chi connectivity index (χ0) is 23.5. The van der Waals surface area contributed by atoms with Gasteiger partial charge < -0.3 is 21.5 Å². The van der Waals surface area contributed by atoms with Crippen LogP contribution in [-0.2, 0) is 24.1 Å². The van der Waals surface area contributed by atoms with E-state index in [2.05, 4.69) is 46.8 Å². The second-order valence-electron chi connectivity index (χ2n) is 8.48. The van der Waals surface area contributed by atoms with E-state index in [1.807, 2.05) is 30.3 Å². The number of nitrogen functional groups attached to an aromatic ring is 1. The number of aryl methyl sites for hydroxylation is 1. The van der Waals surface area contributed by atoms with Gasteiger partial charge in [-0.25, -0.2) is 4.98 Å². The Morgan fingerprint density at radius 1 is 1.03 bits per heavy atom. The molecule has 174 valence electrons. The molecule has 1 aromatic heterocycles. The molecule has 0 saturated carbocycles. The first-order chi connectivity index (χ1) is 16.0. The van der Waals surface area contributed by atoms with Gasteiger partial charge in [-0.1, -0.05) is 60.7 Å². The van der Waals surface area contributed by atoms with Gasteiger partial charge in [0.05, 0.1) is 12.5 Å². The number of rotatable bonds is 12. The van der Waals surface area contributed by atoms with Gasteiger partial charge in [-0.2, -0.15) is 0 Å². The molecule has 3 aromatic rings. The number of nitrogens with two attached hydrogens (primary N) is 1. The van der Waals surface area contributed by atoms with Crippen molar-refractivity contribution >= 4 is 11.7 Å². The molecule has 0 fully saturated rings. The Morgan fingerprint density at radius 3 is 2.55 bits per heavy atom. The highest BCUT2D eigenvalue weighted by atomic mass is 16.3. The minimum Gasteiger partial charge on any atom is -0.387 e. The molecule has 5 N–H and O–H groups in total. The summed E-state index contributed by atoms with van der Waals surface area (Å²) in [7, 11) is 0. The monoisotopic (exact) mass is 446 g/mol. The molecule has 0 spiro atoms. The fourth-order valence-electron chi connectivity index (χ4n) is 3.75. The standard InChI is InChI=1S/C27H34N4O2/c1-20(30-19-25(32)24-12-13-26(28)31-18-24)15-22-9-5-10-23(16-22)17-27(33)29-14-6-11-21-7-3-2-4-8-21/h2-5,7-10,12-13,16,18,20,25,30,32H,6,11,14-15,17,19H2,1H3,(H2,28,31)(H,29,33)/t20-,25-/m1/s1. The summed E-state index contributed by atoms with van der Waals surface area (Å²) in [5.41, 5.74) is 9.79. The van der Waals surface area contributed by atoms with Crippen molar-refractivity contribution in [3.8, 4) is 0 Å². The summed E-state index contributed by atoms with van der Waals surface area (Å²) in [5, 5.41) is 16.7. The highest BCUT2D eigenvalue weighted by molar-refractivity contribution is 5.78. The molecule has 0 saturated heterocycles. The minimum atomic E-state index is -0.641. The van der Waals surface area contributed by atoms with E-state index >= 15 is 0 Å². The number of nitrogens with zero attached hydrogens (tertiary/aromatic N) is 1. The summed E-state index contributed by atoms with van der Waals surface area (Å²) in [6, 6.07) is 22.1. The van der Waals surface area contributed by atoms with Gasteiger partial charge >= 0.3 is 0 Å². The summed E-state index contributed by atoms with van der Waals surface area (Å²) >= 11 is 0. The average molecular weight is 447 g/mol. The summed E-state index contributed by atoms with van der Waals surface area (Å²) in [4.78, 5) is 16.3. The number of aromatic nitrogens is 1. The van der Waals surface area contributed by atoms with Crippen molar-refractivity contribution in [2.45, 2.75) is 44.8 Å². The number of hydrogen-bond acceptors (Lipinski definition) is 5. The molecule has 1 heterocycles. The number of carbonyl (C=O) groups is 1. The lowest BCUT2D eigenvalue weighted by molar-refractivity contribution is -0.120. The third kappa shape index (κ3) is 8.67. The first-order valence-electron chi connectivity index (χ1n) is 11.5. The van der Waals surface area contributed by atoms with E-state index in [4.69, 9.17) is 5.73 Å². The van der Waals surface area contributed by atoms with Crippen LogP contribution in [0, 0.1) is 0 Å². The Morgan fingerprint density at radius 2 is 1.79 bits per heavy atom. The lowest BCUT2D eigenvalue weighted by atomic mass is 10.0. The van der Waals surface area contributed by atoms with Gasteiger partial charge in [0.2, 0.25) is 5.91 Å². The van der Waals surface area contributed by atoms with Crippen LogP contribution in [0.15, 0.2) is 72.9 Å². The van der Waals surface area contributed by atoms with Crippen LogP contribution in [-0.4, -0.2) is 35.1 Å². The first-order valence-corrected chi connectivity index (χ1v) is 11.5. The lowest BCUT2D eigenvalue weighted by Gasteiger charge is -2.18. The molecule has 0 aliphatic carbocycles. The Hall–Kier alpha value is -3.22. The fraction of sp³-hybridized carbons (Fsp3) is 0.333. The third-order valence-corrected chi connectivity index (χ3v) is 5.56. The van der Waals surface area contributed by atoms with Crippen LogP contribution in [0.2, 0.25) is 0 Å². The number of amides is 1. The number of benzene rings is 2. The molecule has 1 amide bonds. The van der Waals surface area contributed by atoms with Crippen LogP contribution >= 0.6 is 0 Å². The van der Waals surface area contributed by atoms with E-state index in [-0.39, 0.29) is 11.9 Å². The number of aliphatic hydroxyl groups excluding tert-OH is 1. The van der Waals surface area contributed by atoms with Gasteiger partial charge in [-0.15, -0.1) is 0 Å². The number of aliphatic hydroxyl groups is 1. The number of carbonyl (C=O) groups excluding carboxylic acids is 1. The molecular weight excluding hydrogens is 412 g/mol. The highest BCUT2D eigenvalue weighted by Gasteiger charge is 2.11. The maximum atomic E-state index is 12.3. The van der Waals surface area contributed by atoms with Gasteiger partial charge in [0.15, 0.2) is 0 Å². The van der Waals surface area contributed by atoms with Crippen molar-refractivity contribution in [2.24, 2.45) is 0 Å². The smallest absolute Gasteiger partial charge is 0.224 e. The Kier molecular flexibility index (Phi) is 9.42. The molecule has 0 radical (unpaired) electrons. The van der Waals surface area contributed by atoms with Crippen LogP contribution in [0.5, 0.6) is 0 Å². The largest absolute Gasteiger partial charge is 0.387 e. The van der Waals surface area contributed by atoms with Crippen LogP contribution in [0.4, 0.5) is 5.82 Å². The summed E-state index contributed by atoms with van der Waals surface area (Å²) in [6.07, 6.45) is 4.03. The molecule has 0 aliphatic heterocycles. The lowest BCUT2D eigenvalue weighted by Crippen LogP contribution is -2.32. The Balaban J connectivity index is 1.39. The average Bonchev–Trinajstić information content (AvgIpc) is 2.82. The maximum absolute atomic E-state index is 12.3. The molecule has 2 atom stereocenters. The van der Waals surface area contributed by atoms with Gasteiger partial charge in [0.25, 0.3) is 0 Å². The van der Waals surface area contributed by atoms with E-state index in [0.29, 0.717) is 25.3 Å². The molecule has 6 nitrogen and oxygen atoms in total. The summed E-state index contributed by atoms with van der Waals surface area (Å²) in [5.74, 6) is 0.486. The van der Waals surface area contributed by atoms with E-state index in [1.54, 1.807) is 18.3 Å². The SMILES string of the molecule is C[C@H](Cc1cccc(CC(=O)NCCCc2ccccc2)c1)NC[C@@H](O)c1ccc(N)nc1. The molecule has 0 bridgehead atoms. The molecular formula is C27H34N4O2. The zero-order valence-electron chi connectivity index (χ0n) is 19.2. The van der Waals surface area contributed by atoms with E-state index in [0.717, 1.165) is 36.0 Å². The first kappa shape index (κ1) is 24.4. The van der Waals surface area contributed by atoms with E-state index in [1.165, 1.54) is 5.56 Å².